The molecule has 0 saturated carbocycles. The maximum Gasteiger partial charge on any atom is 0.416 e. The summed E-state index contributed by atoms with van der Waals surface area (Å²) in [4.78, 5) is 4.95. The molecule has 3 aliphatic rings. The minimum Gasteiger partial charge on any atom is -0.362 e. The molecule has 3 aliphatic heterocycles. The normalized spacial score (nSPS) is 22.1. The number of nitrogens with one attached hydrogen (secondary N) is 1. The molecule has 1 N–H and O–H groups in total. The lowest BCUT2D eigenvalue weighted by Gasteiger charge is -2.37. The summed E-state index contributed by atoms with van der Waals surface area (Å²) in [6.07, 6.45) is 0.143. The van der Waals surface area contributed by atoms with Gasteiger partial charge >= 0.3 is 6.18 Å². The molecule has 5 rings (SSSR count). The van der Waals surface area contributed by atoms with Crippen LogP contribution in [-0.4, -0.2) is 37.2 Å². The Kier molecular flexibility index (Phi) is 5.10. The van der Waals surface area contributed by atoms with Crippen LogP contribution in [0, 0.1) is 0 Å². The van der Waals surface area contributed by atoms with Gasteiger partial charge in [0.05, 0.1) is 16.9 Å². The standard InChI is InChI=1S/C23H25ClF3N3/c24-19-12-17-2-1-9-30-21(28-20(13-19)22(17)30)14-29-10-7-16(8-11-29)15-3-5-18(6-4-15)23(25,26)27/h3-6,12-13,16,21,28H,1-2,7-11,14H2. The van der Waals surface area contributed by atoms with Gasteiger partial charge in [0, 0.05) is 18.1 Å². The van der Waals surface area contributed by atoms with Crippen LogP contribution >= 0.6 is 11.6 Å². The fourth-order valence-corrected chi connectivity index (χ4v) is 5.44. The van der Waals surface area contributed by atoms with E-state index < -0.39 is 11.7 Å². The van der Waals surface area contributed by atoms with E-state index >= 15 is 0 Å². The van der Waals surface area contributed by atoms with E-state index in [2.05, 4.69) is 21.2 Å². The van der Waals surface area contributed by atoms with Gasteiger partial charge in [-0.1, -0.05) is 23.7 Å². The van der Waals surface area contributed by atoms with E-state index in [1.807, 2.05) is 6.07 Å². The largest absolute Gasteiger partial charge is 0.416 e. The van der Waals surface area contributed by atoms with Crippen molar-refractivity contribution in [3.63, 3.8) is 0 Å². The third-order valence-electron chi connectivity index (χ3n) is 6.71. The van der Waals surface area contributed by atoms with Crippen LogP contribution in [0.5, 0.6) is 0 Å². The van der Waals surface area contributed by atoms with E-state index in [0.29, 0.717) is 5.92 Å². The lowest BCUT2D eigenvalue weighted by atomic mass is 9.89. The Morgan fingerprint density at radius 2 is 1.77 bits per heavy atom. The van der Waals surface area contributed by atoms with Gasteiger partial charge in [-0.05, 0) is 80.1 Å². The first-order valence-corrected chi connectivity index (χ1v) is 11.0. The Balaban J connectivity index is 1.21. The van der Waals surface area contributed by atoms with Crippen molar-refractivity contribution in [2.45, 2.75) is 43.9 Å². The van der Waals surface area contributed by atoms with Crippen molar-refractivity contribution in [3.8, 4) is 0 Å². The number of halogens is 4. The second-order valence-electron chi connectivity index (χ2n) is 8.61. The molecule has 0 aromatic heterocycles. The average molecular weight is 436 g/mol. The zero-order valence-electron chi connectivity index (χ0n) is 16.7. The van der Waals surface area contributed by atoms with E-state index in [0.717, 1.165) is 68.1 Å². The van der Waals surface area contributed by atoms with Gasteiger partial charge in [-0.15, -0.1) is 0 Å². The minimum atomic E-state index is -4.27. The molecule has 0 radical (unpaired) electrons. The van der Waals surface area contributed by atoms with E-state index in [-0.39, 0.29) is 6.17 Å². The number of alkyl halides is 3. The third-order valence-corrected chi connectivity index (χ3v) is 6.93. The van der Waals surface area contributed by atoms with Crippen LogP contribution in [0.25, 0.3) is 0 Å². The van der Waals surface area contributed by atoms with Crippen LogP contribution < -0.4 is 10.2 Å². The lowest BCUT2D eigenvalue weighted by Crippen LogP contribution is -2.48. The summed E-state index contributed by atoms with van der Waals surface area (Å²) in [5, 5.41) is 4.45. The summed E-state index contributed by atoms with van der Waals surface area (Å²) < 4.78 is 38.4. The second kappa shape index (κ2) is 7.65. The van der Waals surface area contributed by atoms with Crippen molar-refractivity contribution in [1.29, 1.82) is 0 Å². The van der Waals surface area contributed by atoms with Crippen LogP contribution in [0.15, 0.2) is 36.4 Å². The highest BCUT2D eigenvalue weighted by molar-refractivity contribution is 6.31. The fraction of sp³-hybridized carbons (Fsp3) is 0.478. The Bertz CT molecular complexity index is 921. The summed E-state index contributed by atoms with van der Waals surface area (Å²) in [6.45, 7) is 3.91. The molecule has 1 atom stereocenters. The van der Waals surface area contributed by atoms with E-state index in [4.69, 9.17) is 11.6 Å². The number of benzene rings is 2. The third kappa shape index (κ3) is 3.76. The summed E-state index contributed by atoms with van der Waals surface area (Å²) in [5.41, 5.74) is 4.23. The molecular formula is C23H25ClF3N3. The highest BCUT2D eigenvalue weighted by atomic mass is 35.5. The Morgan fingerprint density at radius 1 is 1.03 bits per heavy atom. The molecule has 30 heavy (non-hydrogen) atoms. The molecule has 0 aliphatic carbocycles. The molecule has 3 heterocycles. The predicted molar refractivity (Wildman–Crippen MR) is 114 cm³/mol. The van der Waals surface area contributed by atoms with Crippen molar-refractivity contribution in [2.75, 3.05) is 36.4 Å². The number of piperidine rings is 1. The molecule has 1 unspecified atom stereocenters. The van der Waals surface area contributed by atoms with Crippen LogP contribution in [-0.2, 0) is 12.6 Å². The number of likely N-dealkylation sites (tertiary alicyclic amines) is 1. The maximum absolute atomic E-state index is 12.8. The molecule has 2 aromatic rings. The molecule has 0 amide bonds. The second-order valence-corrected chi connectivity index (χ2v) is 9.05. The van der Waals surface area contributed by atoms with Gasteiger partial charge in [-0.2, -0.15) is 13.2 Å². The quantitative estimate of drug-likeness (QED) is 0.663. The van der Waals surface area contributed by atoms with E-state index in [1.54, 1.807) is 12.1 Å². The van der Waals surface area contributed by atoms with E-state index in [1.165, 1.54) is 23.4 Å². The number of hydrogen-bond acceptors (Lipinski definition) is 3. The first kappa shape index (κ1) is 20.0. The first-order chi connectivity index (χ1) is 14.4. The molecule has 0 bridgehead atoms. The van der Waals surface area contributed by atoms with Gasteiger partial charge in [0.15, 0.2) is 0 Å². The van der Waals surface area contributed by atoms with Crippen molar-refractivity contribution in [1.82, 2.24) is 4.90 Å². The number of hydrogen-bond donors (Lipinski definition) is 1. The summed E-state index contributed by atoms with van der Waals surface area (Å²) in [6, 6.07) is 9.83. The molecule has 1 fully saturated rings. The molecule has 1 saturated heterocycles. The highest BCUT2D eigenvalue weighted by Crippen LogP contribution is 2.43. The molecule has 0 spiro atoms. The Labute approximate surface area is 179 Å². The number of nitrogens with zero attached hydrogens (tertiary/aromatic N) is 2. The fourth-order valence-electron chi connectivity index (χ4n) is 5.20. The molecule has 2 aromatic carbocycles. The number of rotatable bonds is 3. The van der Waals surface area contributed by atoms with Crippen LogP contribution in [0.1, 0.15) is 41.9 Å². The van der Waals surface area contributed by atoms with Gasteiger partial charge in [-0.3, -0.25) is 4.90 Å². The number of aryl methyl sites for hydroxylation is 1. The maximum atomic E-state index is 12.8. The molecular weight excluding hydrogens is 411 g/mol. The van der Waals surface area contributed by atoms with Crippen molar-refractivity contribution < 1.29 is 13.2 Å². The van der Waals surface area contributed by atoms with Gasteiger partial charge < -0.3 is 10.2 Å². The van der Waals surface area contributed by atoms with Crippen LogP contribution in [0.4, 0.5) is 24.5 Å². The zero-order valence-corrected chi connectivity index (χ0v) is 17.4. The van der Waals surface area contributed by atoms with Crippen molar-refractivity contribution in [3.05, 3.63) is 58.1 Å². The summed E-state index contributed by atoms with van der Waals surface area (Å²) in [7, 11) is 0. The Hall–Kier alpha value is -1.92. The van der Waals surface area contributed by atoms with Gasteiger partial charge in [0.25, 0.3) is 0 Å². The summed E-state index contributed by atoms with van der Waals surface area (Å²) in [5.74, 6) is 0.331. The van der Waals surface area contributed by atoms with Gasteiger partial charge in [0.2, 0.25) is 0 Å². The molecule has 7 heteroatoms. The minimum absolute atomic E-state index is 0.250. The molecule has 3 nitrogen and oxygen atoms in total. The SMILES string of the molecule is FC(F)(F)c1ccc(C2CCN(CC3Nc4cc(Cl)cc5c4N3CCC5)CC2)cc1. The number of anilines is 2. The van der Waals surface area contributed by atoms with Crippen LogP contribution in [0.3, 0.4) is 0 Å². The van der Waals surface area contributed by atoms with Crippen LogP contribution in [0.2, 0.25) is 5.02 Å². The summed E-state index contributed by atoms with van der Waals surface area (Å²) >= 11 is 6.30. The van der Waals surface area contributed by atoms with Gasteiger partial charge in [-0.25, -0.2) is 0 Å². The molecule has 160 valence electrons. The average Bonchev–Trinajstić information content (AvgIpc) is 3.06. The lowest BCUT2D eigenvalue weighted by molar-refractivity contribution is -0.137. The van der Waals surface area contributed by atoms with Crippen molar-refractivity contribution in [2.24, 2.45) is 0 Å². The van der Waals surface area contributed by atoms with Crippen molar-refractivity contribution >= 4 is 23.0 Å². The Morgan fingerprint density at radius 3 is 2.47 bits per heavy atom. The smallest absolute Gasteiger partial charge is 0.362 e. The van der Waals surface area contributed by atoms with Gasteiger partial charge in [0.1, 0.15) is 6.17 Å². The highest BCUT2D eigenvalue weighted by Gasteiger charge is 2.35. The first-order valence-electron chi connectivity index (χ1n) is 10.6. The topological polar surface area (TPSA) is 18.5 Å². The zero-order chi connectivity index (χ0) is 20.9. The monoisotopic (exact) mass is 435 g/mol. The predicted octanol–water partition coefficient (Wildman–Crippen LogP) is 5.74. The van der Waals surface area contributed by atoms with E-state index in [9.17, 15) is 13.2 Å².